The number of piperidine rings is 1. The summed E-state index contributed by atoms with van der Waals surface area (Å²) in [6.07, 6.45) is 4.20. The van der Waals surface area contributed by atoms with Gasteiger partial charge in [-0.25, -0.2) is 0 Å². The van der Waals surface area contributed by atoms with E-state index in [-0.39, 0.29) is 12.0 Å². The number of hydrogen-bond donors (Lipinski definition) is 1. The summed E-state index contributed by atoms with van der Waals surface area (Å²) in [4.78, 5) is 13.9. The third-order valence-electron chi connectivity index (χ3n) is 2.82. The third-order valence-corrected chi connectivity index (χ3v) is 2.82. The van der Waals surface area contributed by atoms with Crippen molar-refractivity contribution in [1.29, 1.82) is 0 Å². The summed E-state index contributed by atoms with van der Waals surface area (Å²) in [6.45, 7) is 4.93. The molecule has 0 aliphatic carbocycles. The van der Waals surface area contributed by atoms with Crippen molar-refractivity contribution in [3.8, 4) is 0 Å². The van der Waals surface area contributed by atoms with Crippen LogP contribution in [0.4, 0.5) is 0 Å². The Morgan fingerprint density at radius 2 is 2.33 bits per heavy atom. The monoisotopic (exact) mass is 214 g/mol. The van der Waals surface area contributed by atoms with Gasteiger partial charge in [0.1, 0.15) is 6.04 Å². The second-order valence-corrected chi connectivity index (χ2v) is 3.94. The molecule has 1 aliphatic heterocycles. The summed E-state index contributed by atoms with van der Waals surface area (Å²) in [6, 6.07) is -0.0229. The largest absolute Gasteiger partial charge is 0.465 e. The van der Waals surface area contributed by atoms with Crippen molar-refractivity contribution >= 4 is 5.97 Å². The molecule has 1 unspecified atom stereocenters. The maximum Gasteiger partial charge on any atom is 0.323 e. The smallest absolute Gasteiger partial charge is 0.323 e. The molecule has 88 valence electrons. The van der Waals surface area contributed by atoms with Crippen LogP contribution in [-0.4, -0.2) is 43.2 Å². The molecule has 0 spiro atoms. The highest BCUT2D eigenvalue weighted by Crippen LogP contribution is 2.18. The van der Waals surface area contributed by atoms with E-state index in [0.717, 1.165) is 32.4 Å². The first kappa shape index (κ1) is 12.5. The van der Waals surface area contributed by atoms with Crippen molar-refractivity contribution in [2.24, 2.45) is 5.73 Å². The Balaban J connectivity index is 2.45. The molecule has 0 amide bonds. The van der Waals surface area contributed by atoms with Crippen LogP contribution in [0.15, 0.2) is 0 Å². The van der Waals surface area contributed by atoms with Gasteiger partial charge in [0.05, 0.1) is 6.61 Å². The van der Waals surface area contributed by atoms with Gasteiger partial charge in [-0.15, -0.1) is 0 Å². The number of esters is 1. The van der Waals surface area contributed by atoms with Gasteiger partial charge in [-0.2, -0.15) is 0 Å². The van der Waals surface area contributed by atoms with Crippen molar-refractivity contribution < 1.29 is 9.53 Å². The van der Waals surface area contributed by atoms with E-state index in [1.165, 1.54) is 6.42 Å². The molecule has 1 heterocycles. The predicted octanol–water partition coefficient (Wildman–Crippen LogP) is 0.753. The number of ether oxygens (including phenoxy) is 1. The van der Waals surface area contributed by atoms with Crippen LogP contribution in [0.3, 0.4) is 0 Å². The molecule has 1 rings (SSSR count). The SMILES string of the molecule is CCOC(=O)C1CCCCN1CCCN. The van der Waals surface area contributed by atoms with Crippen molar-refractivity contribution in [2.45, 2.75) is 38.6 Å². The highest BCUT2D eigenvalue weighted by molar-refractivity contribution is 5.75. The van der Waals surface area contributed by atoms with Crippen LogP contribution in [-0.2, 0) is 9.53 Å². The number of rotatable bonds is 5. The fourth-order valence-electron chi connectivity index (χ4n) is 2.06. The van der Waals surface area contributed by atoms with Crippen LogP contribution in [0.1, 0.15) is 32.6 Å². The Morgan fingerprint density at radius 3 is 3.00 bits per heavy atom. The predicted molar refractivity (Wildman–Crippen MR) is 59.5 cm³/mol. The molecule has 2 N–H and O–H groups in total. The second-order valence-electron chi connectivity index (χ2n) is 3.94. The minimum atomic E-state index is -0.0609. The maximum absolute atomic E-state index is 11.7. The summed E-state index contributed by atoms with van der Waals surface area (Å²) >= 11 is 0. The second kappa shape index (κ2) is 6.80. The minimum absolute atomic E-state index is 0.0229. The average molecular weight is 214 g/mol. The van der Waals surface area contributed by atoms with E-state index in [1.54, 1.807) is 0 Å². The molecule has 0 bridgehead atoms. The van der Waals surface area contributed by atoms with E-state index in [2.05, 4.69) is 4.90 Å². The molecular weight excluding hydrogens is 192 g/mol. The lowest BCUT2D eigenvalue weighted by molar-refractivity contribution is -0.150. The van der Waals surface area contributed by atoms with Crippen LogP contribution in [0, 0.1) is 0 Å². The Bertz CT molecular complexity index is 197. The van der Waals surface area contributed by atoms with Gasteiger partial charge in [-0.3, -0.25) is 9.69 Å². The highest BCUT2D eigenvalue weighted by Gasteiger charge is 2.28. The molecule has 1 fully saturated rings. The van der Waals surface area contributed by atoms with Gasteiger partial charge in [0.15, 0.2) is 0 Å². The van der Waals surface area contributed by atoms with Crippen molar-refractivity contribution in [2.75, 3.05) is 26.2 Å². The van der Waals surface area contributed by atoms with E-state index in [1.807, 2.05) is 6.92 Å². The molecule has 0 saturated carbocycles. The van der Waals surface area contributed by atoms with E-state index in [4.69, 9.17) is 10.5 Å². The number of nitrogens with two attached hydrogens (primary N) is 1. The van der Waals surface area contributed by atoms with Gasteiger partial charge >= 0.3 is 5.97 Å². The van der Waals surface area contributed by atoms with E-state index in [9.17, 15) is 4.79 Å². The van der Waals surface area contributed by atoms with E-state index >= 15 is 0 Å². The van der Waals surface area contributed by atoms with Gasteiger partial charge < -0.3 is 10.5 Å². The quantitative estimate of drug-likeness (QED) is 0.686. The van der Waals surface area contributed by atoms with Crippen molar-refractivity contribution in [1.82, 2.24) is 4.90 Å². The third kappa shape index (κ3) is 3.80. The Hall–Kier alpha value is -0.610. The fourth-order valence-corrected chi connectivity index (χ4v) is 2.06. The van der Waals surface area contributed by atoms with Crippen LogP contribution in [0.2, 0.25) is 0 Å². The zero-order valence-corrected chi connectivity index (χ0v) is 9.58. The topological polar surface area (TPSA) is 55.6 Å². The van der Waals surface area contributed by atoms with Gasteiger partial charge in [0.25, 0.3) is 0 Å². The van der Waals surface area contributed by atoms with Gasteiger partial charge in [-0.1, -0.05) is 6.42 Å². The number of nitrogens with zero attached hydrogens (tertiary/aromatic N) is 1. The van der Waals surface area contributed by atoms with E-state index in [0.29, 0.717) is 13.2 Å². The van der Waals surface area contributed by atoms with Crippen LogP contribution < -0.4 is 5.73 Å². The van der Waals surface area contributed by atoms with Gasteiger partial charge in [0, 0.05) is 6.54 Å². The molecule has 0 aromatic rings. The average Bonchev–Trinajstić information content (AvgIpc) is 2.27. The Morgan fingerprint density at radius 1 is 1.53 bits per heavy atom. The first-order chi connectivity index (χ1) is 7.29. The summed E-state index contributed by atoms with van der Waals surface area (Å²) in [5.74, 6) is -0.0609. The molecule has 1 atom stereocenters. The number of carbonyl (C=O) groups excluding carboxylic acids is 1. The summed E-state index contributed by atoms with van der Waals surface area (Å²) in [7, 11) is 0. The molecule has 4 nitrogen and oxygen atoms in total. The van der Waals surface area contributed by atoms with Crippen LogP contribution >= 0.6 is 0 Å². The molecule has 4 heteroatoms. The fraction of sp³-hybridized carbons (Fsp3) is 0.909. The summed E-state index contributed by atoms with van der Waals surface area (Å²) in [5, 5.41) is 0. The van der Waals surface area contributed by atoms with Crippen LogP contribution in [0.25, 0.3) is 0 Å². The van der Waals surface area contributed by atoms with Gasteiger partial charge in [0.2, 0.25) is 0 Å². The first-order valence-corrected chi connectivity index (χ1v) is 5.90. The summed E-state index contributed by atoms with van der Waals surface area (Å²) in [5.41, 5.74) is 5.48. The van der Waals surface area contributed by atoms with Gasteiger partial charge in [-0.05, 0) is 39.3 Å². The highest BCUT2D eigenvalue weighted by atomic mass is 16.5. The molecule has 0 aromatic carbocycles. The van der Waals surface area contributed by atoms with Crippen LogP contribution in [0.5, 0.6) is 0 Å². The lowest BCUT2D eigenvalue weighted by Gasteiger charge is -2.33. The first-order valence-electron chi connectivity index (χ1n) is 5.90. The Kier molecular flexibility index (Phi) is 5.65. The molecule has 1 aliphatic rings. The van der Waals surface area contributed by atoms with E-state index < -0.39 is 0 Å². The molecule has 0 radical (unpaired) electrons. The number of hydrogen-bond acceptors (Lipinski definition) is 4. The standard InChI is InChI=1S/C11H22N2O2/c1-2-15-11(14)10-6-3-4-8-13(10)9-5-7-12/h10H,2-9,12H2,1H3. The Labute approximate surface area is 91.8 Å². The summed E-state index contributed by atoms with van der Waals surface area (Å²) < 4.78 is 5.08. The maximum atomic E-state index is 11.7. The van der Waals surface area contributed by atoms with Crippen molar-refractivity contribution in [3.05, 3.63) is 0 Å². The minimum Gasteiger partial charge on any atom is -0.465 e. The molecule has 1 saturated heterocycles. The zero-order chi connectivity index (χ0) is 11.1. The lowest BCUT2D eigenvalue weighted by Crippen LogP contribution is -2.46. The van der Waals surface area contributed by atoms with Crippen molar-refractivity contribution in [3.63, 3.8) is 0 Å². The molecule has 0 aromatic heterocycles. The number of likely N-dealkylation sites (tertiary alicyclic amines) is 1. The number of carbonyl (C=O) groups is 1. The molecular formula is C11H22N2O2. The molecule has 15 heavy (non-hydrogen) atoms. The lowest BCUT2D eigenvalue weighted by atomic mass is 10.0. The normalized spacial score (nSPS) is 22.7. The zero-order valence-electron chi connectivity index (χ0n) is 9.58.